The number of nitrogens with zero attached hydrogens (tertiary/aromatic N) is 1. The number of thioether (sulfide) groups is 1. The fourth-order valence-corrected chi connectivity index (χ4v) is 3.25. The second kappa shape index (κ2) is 7.54. The average molecular weight is 335 g/mol. The van der Waals surface area contributed by atoms with Crippen LogP contribution in [0.5, 0.6) is 0 Å². The molecule has 3 aromatic carbocycles. The molecule has 3 heteroatoms. The number of fused-ring (bicyclic) bond motifs is 1. The van der Waals surface area contributed by atoms with Crippen LogP contribution in [-0.2, 0) is 17.8 Å². The highest BCUT2D eigenvalue weighted by Gasteiger charge is 2.12. The van der Waals surface area contributed by atoms with E-state index < -0.39 is 0 Å². The molecule has 24 heavy (non-hydrogen) atoms. The molecular weight excluding hydrogens is 314 g/mol. The van der Waals surface area contributed by atoms with E-state index in [1.54, 1.807) is 16.7 Å². The molecule has 0 aromatic heterocycles. The molecule has 122 valence electrons. The highest BCUT2D eigenvalue weighted by atomic mass is 32.2. The monoisotopic (exact) mass is 335 g/mol. The lowest BCUT2D eigenvalue weighted by molar-refractivity contribution is -0.129. The Bertz CT molecular complexity index is 837. The van der Waals surface area contributed by atoms with E-state index in [0.29, 0.717) is 13.0 Å². The van der Waals surface area contributed by atoms with E-state index in [0.717, 1.165) is 16.5 Å². The van der Waals surface area contributed by atoms with Crippen molar-refractivity contribution in [2.75, 3.05) is 13.3 Å². The van der Waals surface area contributed by atoms with Crippen molar-refractivity contribution in [1.82, 2.24) is 4.90 Å². The number of likely N-dealkylation sites (N-methyl/N-ethyl adjacent to an activating group) is 1. The van der Waals surface area contributed by atoms with Gasteiger partial charge in [-0.05, 0) is 40.3 Å². The van der Waals surface area contributed by atoms with Crippen LogP contribution in [0.25, 0.3) is 10.8 Å². The van der Waals surface area contributed by atoms with Crippen molar-refractivity contribution in [2.45, 2.75) is 17.9 Å². The van der Waals surface area contributed by atoms with E-state index >= 15 is 0 Å². The molecule has 0 unspecified atom stereocenters. The van der Waals surface area contributed by atoms with Crippen LogP contribution in [0.4, 0.5) is 0 Å². The van der Waals surface area contributed by atoms with E-state index in [9.17, 15) is 4.79 Å². The Labute approximate surface area is 147 Å². The summed E-state index contributed by atoms with van der Waals surface area (Å²) in [7, 11) is 1.87. The van der Waals surface area contributed by atoms with Crippen LogP contribution in [0.2, 0.25) is 0 Å². The number of carbonyl (C=O) groups excluding carboxylic acids is 1. The van der Waals surface area contributed by atoms with Crippen LogP contribution in [0.1, 0.15) is 11.1 Å². The molecule has 0 atom stereocenters. The molecule has 1 amide bonds. The number of hydrogen-bond donors (Lipinski definition) is 0. The van der Waals surface area contributed by atoms with E-state index in [1.807, 2.05) is 31.3 Å². The molecule has 0 heterocycles. The lowest BCUT2D eigenvalue weighted by Crippen LogP contribution is -2.27. The average Bonchev–Trinajstić information content (AvgIpc) is 2.62. The third-order valence-corrected chi connectivity index (χ3v) is 4.97. The molecule has 2 nitrogen and oxygen atoms in total. The summed E-state index contributed by atoms with van der Waals surface area (Å²) < 4.78 is 0. The Balaban J connectivity index is 1.71. The normalized spacial score (nSPS) is 10.8. The predicted octanol–water partition coefficient (Wildman–Crippen LogP) is 4.76. The first-order valence-electron chi connectivity index (χ1n) is 8.01. The molecule has 0 saturated carbocycles. The lowest BCUT2D eigenvalue weighted by Gasteiger charge is -2.18. The SMILES string of the molecule is CSc1ccc(CN(C)C(=O)Cc2cccc3ccccc23)cc1. The Morgan fingerprint density at radius 3 is 2.42 bits per heavy atom. The number of amides is 1. The van der Waals surface area contributed by atoms with Crippen molar-refractivity contribution in [3.63, 3.8) is 0 Å². The molecule has 0 saturated heterocycles. The van der Waals surface area contributed by atoms with Gasteiger partial charge in [0, 0.05) is 18.5 Å². The van der Waals surface area contributed by atoms with E-state index in [-0.39, 0.29) is 5.91 Å². The van der Waals surface area contributed by atoms with Gasteiger partial charge in [-0.2, -0.15) is 0 Å². The molecule has 0 bridgehead atoms. The smallest absolute Gasteiger partial charge is 0.227 e. The minimum absolute atomic E-state index is 0.139. The van der Waals surface area contributed by atoms with Gasteiger partial charge in [0.05, 0.1) is 6.42 Å². The maximum atomic E-state index is 12.6. The molecule has 0 aliphatic carbocycles. The van der Waals surface area contributed by atoms with Crippen molar-refractivity contribution < 1.29 is 4.79 Å². The molecule has 0 aliphatic rings. The first kappa shape index (κ1) is 16.6. The number of carbonyl (C=O) groups is 1. The fourth-order valence-electron chi connectivity index (χ4n) is 2.84. The van der Waals surface area contributed by atoms with Gasteiger partial charge < -0.3 is 4.90 Å². The third-order valence-electron chi connectivity index (χ3n) is 4.23. The topological polar surface area (TPSA) is 20.3 Å². The van der Waals surface area contributed by atoms with Gasteiger partial charge in [0.2, 0.25) is 5.91 Å². The first-order chi connectivity index (χ1) is 11.7. The Kier molecular flexibility index (Phi) is 5.21. The van der Waals surface area contributed by atoms with Gasteiger partial charge >= 0.3 is 0 Å². The van der Waals surface area contributed by atoms with E-state index in [4.69, 9.17) is 0 Å². The summed E-state index contributed by atoms with van der Waals surface area (Å²) in [4.78, 5) is 15.6. The zero-order chi connectivity index (χ0) is 16.9. The van der Waals surface area contributed by atoms with Crippen molar-refractivity contribution in [2.24, 2.45) is 0 Å². The minimum Gasteiger partial charge on any atom is -0.341 e. The van der Waals surface area contributed by atoms with Crippen LogP contribution in [0.3, 0.4) is 0 Å². The second-order valence-corrected chi connectivity index (χ2v) is 6.79. The molecule has 0 radical (unpaired) electrons. The summed E-state index contributed by atoms with van der Waals surface area (Å²) >= 11 is 1.73. The number of rotatable bonds is 5. The van der Waals surface area contributed by atoms with Gasteiger partial charge in [-0.3, -0.25) is 4.79 Å². The number of hydrogen-bond acceptors (Lipinski definition) is 2. The summed E-state index contributed by atoms with van der Waals surface area (Å²) in [6.45, 7) is 0.637. The highest BCUT2D eigenvalue weighted by Crippen LogP contribution is 2.20. The zero-order valence-electron chi connectivity index (χ0n) is 14.0. The molecular formula is C21H21NOS. The minimum atomic E-state index is 0.139. The van der Waals surface area contributed by atoms with Gasteiger partial charge in [0.1, 0.15) is 0 Å². The fraction of sp³-hybridized carbons (Fsp3) is 0.190. The maximum absolute atomic E-state index is 12.6. The lowest BCUT2D eigenvalue weighted by atomic mass is 10.0. The molecule has 0 aliphatic heterocycles. The Morgan fingerprint density at radius 2 is 1.67 bits per heavy atom. The zero-order valence-corrected chi connectivity index (χ0v) is 14.8. The van der Waals surface area contributed by atoms with E-state index in [1.165, 1.54) is 10.3 Å². The van der Waals surface area contributed by atoms with Crippen molar-refractivity contribution >= 4 is 28.4 Å². The summed E-state index contributed by atoms with van der Waals surface area (Å²) in [5.74, 6) is 0.139. The van der Waals surface area contributed by atoms with Gasteiger partial charge in [-0.25, -0.2) is 0 Å². The maximum Gasteiger partial charge on any atom is 0.227 e. The molecule has 0 spiro atoms. The van der Waals surface area contributed by atoms with Gasteiger partial charge in [0.15, 0.2) is 0 Å². The van der Waals surface area contributed by atoms with Gasteiger partial charge in [0.25, 0.3) is 0 Å². The van der Waals surface area contributed by atoms with Crippen LogP contribution in [-0.4, -0.2) is 24.1 Å². The van der Waals surface area contributed by atoms with Crippen LogP contribution in [0, 0.1) is 0 Å². The number of benzene rings is 3. The van der Waals surface area contributed by atoms with Crippen molar-refractivity contribution in [1.29, 1.82) is 0 Å². The first-order valence-corrected chi connectivity index (χ1v) is 9.23. The standard InChI is InChI=1S/C21H21NOS/c1-22(15-16-10-12-19(24-2)13-11-16)21(23)14-18-8-5-7-17-6-3-4-9-20(17)18/h3-13H,14-15H2,1-2H3. The largest absolute Gasteiger partial charge is 0.341 e. The van der Waals surface area contributed by atoms with Crippen molar-refractivity contribution in [3.05, 3.63) is 77.9 Å². The quantitative estimate of drug-likeness (QED) is 0.626. The Hall–Kier alpha value is -2.26. The highest BCUT2D eigenvalue weighted by molar-refractivity contribution is 7.98. The van der Waals surface area contributed by atoms with E-state index in [2.05, 4.69) is 48.7 Å². The molecule has 0 fully saturated rings. The van der Waals surface area contributed by atoms with Crippen LogP contribution in [0.15, 0.2) is 71.6 Å². The predicted molar refractivity (Wildman–Crippen MR) is 102 cm³/mol. The molecule has 3 rings (SSSR count). The summed E-state index contributed by atoms with van der Waals surface area (Å²) in [6.07, 6.45) is 2.50. The summed E-state index contributed by atoms with van der Waals surface area (Å²) in [5, 5.41) is 2.34. The molecule has 3 aromatic rings. The third kappa shape index (κ3) is 3.80. The Morgan fingerprint density at radius 1 is 0.958 bits per heavy atom. The van der Waals surface area contributed by atoms with Crippen LogP contribution >= 0.6 is 11.8 Å². The van der Waals surface area contributed by atoms with Gasteiger partial charge in [-0.1, -0.05) is 54.6 Å². The van der Waals surface area contributed by atoms with Crippen LogP contribution < -0.4 is 0 Å². The summed E-state index contributed by atoms with van der Waals surface area (Å²) in [5.41, 5.74) is 2.24. The molecule has 0 N–H and O–H groups in total. The second-order valence-electron chi connectivity index (χ2n) is 5.91. The van der Waals surface area contributed by atoms with Crippen molar-refractivity contribution in [3.8, 4) is 0 Å². The van der Waals surface area contributed by atoms with Gasteiger partial charge in [-0.15, -0.1) is 11.8 Å². The summed E-state index contributed by atoms with van der Waals surface area (Å²) in [6, 6.07) is 22.7.